The topological polar surface area (TPSA) is 126 Å². The van der Waals surface area contributed by atoms with Crippen LogP contribution in [0.3, 0.4) is 0 Å². The molecule has 3 rings (SSSR count). The Labute approximate surface area is 158 Å². The lowest BCUT2D eigenvalue weighted by molar-refractivity contribution is 0.259. The first-order valence-electron chi connectivity index (χ1n) is 7.53. The van der Waals surface area contributed by atoms with E-state index in [1.54, 1.807) is 0 Å². The zero-order valence-electron chi connectivity index (χ0n) is 13.0. The lowest BCUT2D eigenvalue weighted by Crippen LogP contribution is -2.34. The predicted molar refractivity (Wildman–Crippen MR) is 99.7 cm³/mol. The summed E-state index contributed by atoms with van der Waals surface area (Å²) in [5.41, 5.74) is 11.8. The molecule has 1 aromatic carbocycles. The smallest absolute Gasteiger partial charge is 0.316 e. The number of hydrogen-bond acceptors (Lipinski definition) is 5. The van der Waals surface area contributed by atoms with Gasteiger partial charge in [-0.25, -0.2) is 9.89 Å². The quantitative estimate of drug-likeness (QED) is 0.584. The minimum atomic E-state index is -0.719. The van der Waals surface area contributed by atoms with E-state index in [1.165, 1.54) is 6.07 Å². The SMILES string of the molecule is NC(=O)Nc1cc(Cl)c(Cl)c(C2CCN(c3n[nH]c(N)n3)CC2)c1Cl. The number of carbonyl (C=O) groups is 1. The maximum Gasteiger partial charge on any atom is 0.316 e. The Morgan fingerprint density at radius 1 is 1.28 bits per heavy atom. The lowest BCUT2D eigenvalue weighted by Gasteiger charge is -2.32. The van der Waals surface area contributed by atoms with E-state index >= 15 is 0 Å². The van der Waals surface area contributed by atoms with E-state index in [2.05, 4.69) is 20.5 Å². The van der Waals surface area contributed by atoms with Crippen LogP contribution in [0.4, 0.5) is 22.4 Å². The van der Waals surface area contributed by atoms with Crippen molar-refractivity contribution >= 4 is 58.4 Å². The average molecular weight is 405 g/mol. The van der Waals surface area contributed by atoms with Crippen LogP contribution >= 0.6 is 34.8 Å². The van der Waals surface area contributed by atoms with Gasteiger partial charge in [-0.2, -0.15) is 4.98 Å². The Hall–Kier alpha value is -1.90. The highest BCUT2D eigenvalue weighted by Gasteiger charge is 2.28. The highest BCUT2D eigenvalue weighted by atomic mass is 35.5. The van der Waals surface area contributed by atoms with Crippen molar-refractivity contribution in [2.75, 3.05) is 29.0 Å². The van der Waals surface area contributed by atoms with Crippen molar-refractivity contribution in [3.05, 3.63) is 26.7 Å². The summed E-state index contributed by atoms with van der Waals surface area (Å²) < 4.78 is 0. The Balaban J connectivity index is 1.83. The van der Waals surface area contributed by atoms with Crippen molar-refractivity contribution in [3.8, 4) is 0 Å². The van der Waals surface area contributed by atoms with Gasteiger partial charge in [-0.15, -0.1) is 5.10 Å². The maximum absolute atomic E-state index is 11.1. The Morgan fingerprint density at radius 2 is 1.96 bits per heavy atom. The number of nitrogens with two attached hydrogens (primary N) is 2. The molecular formula is C14H16Cl3N7O. The van der Waals surface area contributed by atoms with Crippen LogP contribution in [0.5, 0.6) is 0 Å². The molecule has 8 nitrogen and oxygen atoms in total. The molecule has 1 aromatic heterocycles. The van der Waals surface area contributed by atoms with Crippen molar-refractivity contribution in [1.82, 2.24) is 15.2 Å². The molecule has 1 aliphatic heterocycles. The fourth-order valence-corrected chi connectivity index (χ4v) is 3.89. The largest absolute Gasteiger partial charge is 0.368 e. The first-order chi connectivity index (χ1) is 11.9. The molecule has 25 heavy (non-hydrogen) atoms. The summed E-state index contributed by atoms with van der Waals surface area (Å²) in [5.74, 6) is 0.926. The number of primary amides is 1. The number of aromatic nitrogens is 3. The number of nitrogen functional groups attached to an aromatic ring is 1. The van der Waals surface area contributed by atoms with E-state index in [1.807, 2.05) is 4.90 Å². The molecule has 0 radical (unpaired) electrons. The molecule has 0 saturated carbocycles. The van der Waals surface area contributed by atoms with Crippen LogP contribution in [0.15, 0.2) is 6.07 Å². The number of piperidine rings is 1. The third-order valence-corrected chi connectivity index (χ3v) is 5.33. The minimum absolute atomic E-state index is 0.0830. The number of benzene rings is 1. The van der Waals surface area contributed by atoms with Gasteiger partial charge in [0.15, 0.2) is 0 Å². The molecule has 1 saturated heterocycles. The molecule has 0 unspecified atom stereocenters. The van der Waals surface area contributed by atoms with Gasteiger partial charge in [0.05, 0.1) is 20.8 Å². The summed E-state index contributed by atoms with van der Waals surface area (Å²) >= 11 is 19.0. The Bertz CT molecular complexity index is 802. The number of rotatable bonds is 3. The van der Waals surface area contributed by atoms with E-state index in [-0.39, 0.29) is 11.9 Å². The number of hydrogen-bond donors (Lipinski definition) is 4. The number of anilines is 3. The van der Waals surface area contributed by atoms with Crippen LogP contribution in [-0.2, 0) is 0 Å². The van der Waals surface area contributed by atoms with Gasteiger partial charge in [-0.1, -0.05) is 34.8 Å². The molecule has 1 aliphatic rings. The van der Waals surface area contributed by atoms with Crippen molar-refractivity contribution in [1.29, 1.82) is 0 Å². The molecule has 0 aliphatic carbocycles. The molecule has 2 amide bonds. The number of amides is 2. The maximum atomic E-state index is 11.1. The van der Waals surface area contributed by atoms with Crippen LogP contribution in [0.25, 0.3) is 0 Å². The zero-order valence-corrected chi connectivity index (χ0v) is 15.3. The predicted octanol–water partition coefficient (Wildman–Crippen LogP) is 3.22. The van der Waals surface area contributed by atoms with Crippen LogP contribution in [0.1, 0.15) is 24.3 Å². The monoisotopic (exact) mass is 403 g/mol. The molecular weight excluding hydrogens is 389 g/mol. The molecule has 134 valence electrons. The highest BCUT2D eigenvalue weighted by Crippen LogP contribution is 2.44. The van der Waals surface area contributed by atoms with Crippen LogP contribution in [-0.4, -0.2) is 34.3 Å². The summed E-state index contributed by atoms with van der Waals surface area (Å²) in [6.07, 6.45) is 1.54. The molecule has 6 N–H and O–H groups in total. The fraction of sp³-hybridized carbons (Fsp3) is 0.357. The number of nitrogens with one attached hydrogen (secondary N) is 2. The van der Waals surface area contributed by atoms with Gasteiger partial charge in [0.2, 0.25) is 11.9 Å². The number of nitrogens with zero attached hydrogens (tertiary/aromatic N) is 3. The van der Waals surface area contributed by atoms with Crippen LogP contribution in [0.2, 0.25) is 15.1 Å². The number of aromatic amines is 1. The number of halogens is 3. The summed E-state index contributed by atoms with van der Waals surface area (Å²) in [7, 11) is 0. The molecule has 11 heteroatoms. The van der Waals surface area contributed by atoms with Gasteiger partial charge in [0.25, 0.3) is 0 Å². The molecule has 2 heterocycles. The first-order valence-corrected chi connectivity index (χ1v) is 8.67. The summed E-state index contributed by atoms with van der Waals surface area (Å²) in [6.45, 7) is 1.42. The number of H-pyrrole nitrogens is 1. The van der Waals surface area contributed by atoms with E-state index in [0.29, 0.717) is 45.4 Å². The molecule has 0 bridgehead atoms. The summed E-state index contributed by atoms with van der Waals surface area (Å²) in [4.78, 5) is 17.3. The van der Waals surface area contributed by atoms with Crippen molar-refractivity contribution in [2.24, 2.45) is 5.73 Å². The van der Waals surface area contributed by atoms with E-state index in [4.69, 9.17) is 46.3 Å². The second-order valence-corrected chi connectivity index (χ2v) is 6.88. The number of carbonyl (C=O) groups excluding carboxylic acids is 1. The van der Waals surface area contributed by atoms with Gasteiger partial charge in [0, 0.05) is 13.1 Å². The fourth-order valence-electron chi connectivity index (χ4n) is 2.98. The third kappa shape index (κ3) is 3.70. The third-order valence-electron chi connectivity index (χ3n) is 4.12. The Kier molecular flexibility index (Phi) is 5.12. The van der Waals surface area contributed by atoms with Gasteiger partial charge in [-0.3, -0.25) is 0 Å². The lowest BCUT2D eigenvalue weighted by atomic mass is 9.89. The zero-order chi connectivity index (χ0) is 18.1. The molecule has 0 atom stereocenters. The average Bonchev–Trinajstić information content (AvgIpc) is 2.99. The molecule has 0 spiro atoms. The minimum Gasteiger partial charge on any atom is -0.368 e. The van der Waals surface area contributed by atoms with Gasteiger partial charge in [-0.05, 0) is 30.4 Å². The standard InChI is InChI=1S/C14H16Cl3N7O/c15-7-5-8(20-13(19)25)11(17)9(10(7)16)6-1-3-24(4-2-6)14-21-12(18)22-23-14/h5-6H,1-4H2,(H3,19,20,25)(H3,18,21,22,23). The van der Waals surface area contributed by atoms with Crippen molar-refractivity contribution in [3.63, 3.8) is 0 Å². The second-order valence-electron chi connectivity index (χ2n) is 5.72. The molecule has 1 fully saturated rings. The van der Waals surface area contributed by atoms with Gasteiger partial charge in [0.1, 0.15) is 0 Å². The number of urea groups is 1. The summed E-state index contributed by atoms with van der Waals surface area (Å²) in [6, 6.07) is 0.773. The van der Waals surface area contributed by atoms with Crippen molar-refractivity contribution in [2.45, 2.75) is 18.8 Å². The van der Waals surface area contributed by atoms with Crippen molar-refractivity contribution < 1.29 is 4.79 Å². The Morgan fingerprint density at radius 3 is 2.52 bits per heavy atom. The van der Waals surface area contributed by atoms with Gasteiger partial charge < -0.3 is 21.7 Å². The first kappa shape index (κ1) is 17.9. The highest BCUT2D eigenvalue weighted by molar-refractivity contribution is 6.45. The molecule has 2 aromatic rings. The van der Waals surface area contributed by atoms with E-state index < -0.39 is 6.03 Å². The van der Waals surface area contributed by atoms with E-state index in [0.717, 1.165) is 12.8 Å². The summed E-state index contributed by atoms with van der Waals surface area (Å²) in [5, 5.41) is 10.2. The normalized spacial score (nSPS) is 15.4. The van der Waals surface area contributed by atoms with E-state index in [9.17, 15) is 4.79 Å². The van der Waals surface area contributed by atoms with Gasteiger partial charge >= 0.3 is 6.03 Å². The van der Waals surface area contributed by atoms with Crippen LogP contribution in [0, 0.1) is 0 Å². The second kappa shape index (κ2) is 7.15. The van der Waals surface area contributed by atoms with Crippen LogP contribution < -0.4 is 21.7 Å².